The Kier molecular flexibility index (Phi) is 6.24. The second kappa shape index (κ2) is 7.95. The van der Waals surface area contributed by atoms with Crippen LogP contribution in [0.3, 0.4) is 0 Å². The Balaban J connectivity index is 1.87. The highest BCUT2D eigenvalue weighted by atomic mass is 79.9. The zero-order valence-corrected chi connectivity index (χ0v) is 14.1. The SMILES string of the molecule is CC(CC(=O)NC1CCCCCC1O)c1ccc(Br)cc1. The number of rotatable bonds is 4. The Labute approximate surface area is 135 Å². The van der Waals surface area contributed by atoms with Gasteiger partial charge >= 0.3 is 0 Å². The minimum Gasteiger partial charge on any atom is -0.391 e. The number of amides is 1. The van der Waals surface area contributed by atoms with Gasteiger partial charge in [0.05, 0.1) is 12.1 Å². The molecule has 0 bridgehead atoms. The van der Waals surface area contributed by atoms with E-state index in [1.54, 1.807) is 0 Å². The molecule has 0 aromatic heterocycles. The minimum absolute atomic E-state index is 0.0383. The summed E-state index contributed by atoms with van der Waals surface area (Å²) in [7, 11) is 0. The molecule has 0 radical (unpaired) electrons. The summed E-state index contributed by atoms with van der Waals surface area (Å²) in [5.74, 6) is 0.220. The molecule has 116 valence electrons. The molecule has 1 fully saturated rings. The third kappa shape index (κ3) is 5.11. The highest BCUT2D eigenvalue weighted by molar-refractivity contribution is 9.10. The zero-order chi connectivity index (χ0) is 15.2. The summed E-state index contributed by atoms with van der Waals surface area (Å²) in [6, 6.07) is 8.01. The lowest BCUT2D eigenvalue weighted by Crippen LogP contribution is -2.42. The molecule has 1 saturated carbocycles. The molecule has 3 nitrogen and oxygen atoms in total. The van der Waals surface area contributed by atoms with Gasteiger partial charge in [-0.05, 0) is 36.5 Å². The van der Waals surface area contributed by atoms with Crippen molar-refractivity contribution in [3.05, 3.63) is 34.3 Å². The van der Waals surface area contributed by atoms with E-state index in [0.29, 0.717) is 6.42 Å². The monoisotopic (exact) mass is 353 g/mol. The summed E-state index contributed by atoms with van der Waals surface area (Å²) in [5.41, 5.74) is 1.16. The molecule has 1 aliphatic rings. The Morgan fingerprint density at radius 3 is 2.67 bits per heavy atom. The van der Waals surface area contributed by atoms with E-state index in [9.17, 15) is 9.90 Å². The van der Waals surface area contributed by atoms with Crippen LogP contribution in [0.5, 0.6) is 0 Å². The molecule has 0 spiro atoms. The Bertz CT molecular complexity index is 460. The van der Waals surface area contributed by atoms with Crippen LogP contribution in [0.4, 0.5) is 0 Å². The van der Waals surface area contributed by atoms with Gasteiger partial charge in [0.15, 0.2) is 0 Å². The summed E-state index contributed by atoms with van der Waals surface area (Å²) in [6.45, 7) is 2.06. The molecule has 2 N–H and O–H groups in total. The molecule has 1 aromatic carbocycles. The fraction of sp³-hybridized carbons (Fsp3) is 0.588. The molecule has 3 unspecified atom stereocenters. The van der Waals surface area contributed by atoms with Crippen LogP contribution in [-0.4, -0.2) is 23.2 Å². The van der Waals surface area contributed by atoms with E-state index in [-0.39, 0.29) is 24.0 Å². The minimum atomic E-state index is -0.389. The van der Waals surface area contributed by atoms with E-state index in [2.05, 4.69) is 28.2 Å². The largest absolute Gasteiger partial charge is 0.391 e. The number of nitrogens with one attached hydrogen (secondary N) is 1. The van der Waals surface area contributed by atoms with Gasteiger partial charge in [-0.3, -0.25) is 4.79 Å². The fourth-order valence-corrected chi connectivity index (χ4v) is 3.17. The number of halogens is 1. The first kappa shape index (κ1) is 16.5. The predicted molar refractivity (Wildman–Crippen MR) is 88.2 cm³/mol. The quantitative estimate of drug-likeness (QED) is 0.809. The molecule has 1 amide bonds. The first-order valence-electron chi connectivity index (χ1n) is 7.79. The molecule has 1 aromatic rings. The van der Waals surface area contributed by atoms with Crippen molar-refractivity contribution in [2.24, 2.45) is 0 Å². The summed E-state index contributed by atoms with van der Waals surface area (Å²) in [6.07, 6.45) is 5.06. The average molecular weight is 354 g/mol. The first-order chi connectivity index (χ1) is 10.1. The van der Waals surface area contributed by atoms with Crippen molar-refractivity contribution in [3.8, 4) is 0 Å². The molecular weight excluding hydrogens is 330 g/mol. The van der Waals surface area contributed by atoms with Crippen LogP contribution in [0.1, 0.15) is 56.9 Å². The van der Waals surface area contributed by atoms with Gasteiger partial charge in [0.25, 0.3) is 0 Å². The van der Waals surface area contributed by atoms with Crippen LogP contribution in [-0.2, 0) is 4.79 Å². The summed E-state index contributed by atoms with van der Waals surface area (Å²) < 4.78 is 1.05. The smallest absolute Gasteiger partial charge is 0.220 e. The van der Waals surface area contributed by atoms with Crippen LogP contribution in [0.25, 0.3) is 0 Å². The topological polar surface area (TPSA) is 49.3 Å². The summed E-state index contributed by atoms with van der Waals surface area (Å²) in [4.78, 5) is 12.2. The molecule has 1 aliphatic carbocycles. The van der Waals surface area contributed by atoms with Crippen LogP contribution in [0.15, 0.2) is 28.7 Å². The molecule has 3 atom stereocenters. The van der Waals surface area contributed by atoms with E-state index in [4.69, 9.17) is 0 Å². The Morgan fingerprint density at radius 2 is 1.95 bits per heavy atom. The van der Waals surface area contributed by atoms with Crippen molar-refractivity contribution in [1.29, 1.82) is 0 Å². The van der Waals surface area contributed by atoms with Crippen LogP contribution >= 0.6 is 15.9 Å². The Hall–Kier alpha value is -0.870. The van der Waals surface area contributed by atoms with Crippen molar-refractivity contribution in [2.75, 3.05) is 0 Å². The van der Waals surface area contributed by atoms with Crippen molar-refractivity contribution in [2.45, 2.75) is 63.5 Å². The molecule has 0 saturated heterocycles. The second-order valence-electron chi connectivity index (χ2n) is 6.04. The standard InChI is InChI=1S/C17H24BrNO2/c1-12(13-7-9-14(18)10-8-13)11-17(21)19-15-5-3-2-4-6-16(15)20/h7-10,12,15-16,20H,2-6,11H2,1H3,(H,19,21). The predicted octanol–water partition coefficient (Wildman–Crippen LogP) is 3.75. The molecule has 21 heavy (non-hydrogen) atoms. The molecular formula is C17H24BrNO2. The number of hydrogen-bond acceptors (Lipinski definition) is 2. The van der Waals surface area contributed by atoms with Crippen molar-refractivity contribution < 1.29 is 9.90 Å². The number of aliphatic hydroxyl groups is 1. The highest BCUT2D eigenvalue weighted by Crippen LogP contribution is 2.22. The molecule has 4 heteroatoms. The van der Waals surface area contributed by atoms with Crippen LogP contribution < -0.4 is 5.32 Å². The maximum absolute atomic E-state index is 12.2. The average Bonchev–Trinajstić information content (AvgIpc) is 2.65. The molecule has 2 rings (SSSR count). The molecule has 0 heterocycles. The third-order valence-electron chi connectivity index (χ3n) is 4.26. The van der Waals surface area contributed by atoms with Gasteiger partial charge in [-0.1, -0.05) is 54.2 Å². The number of hydrogen-bond donors (Lipinski definition) is 2. The highest BCUT2D eigenvalue weighted by Gasteiger charge is 2.23. The maximum atomic E-state index is 12.2. The van der Waals surface area contributed by atoms with E-state index in [1.165, 1.54) is 0 Å². The van der Waals surface area contributed by atoms with Gasteiger partial charge in [-0.25, -0.2) is 0 Å². The van der Waals surface area contributed by atoms with Gasteiger partial charge in [-0.15, -0.1) is 0 Å². The van der Waals surface area contributed by atoms with Crippen LogP contribution in [0.2, 0.25) is 0 Å². The maximum Gasteiger partial charge on any atom is 0.220 e. The number of benzene rings is 1. The summed E-state index contributed by atoms with van der Waals surface area (Å²) in [5, 5.41) is 13.1. The summed E-state index contributed by atoms with van der Waals surface area (Å²) >= 11 is 3.42. The Morgan fingerprint density at radius 1 is 1.29 bits per heavy atom. The zero-order valence-electron chi connectivity index (χ0n) is 12.5. The lowest BCUT2D eigenvalue weighted by Gasteiger charge is -2.22. The normalized spacial score (nSPS) is 24.1. The van der Waals surface area contributed by atoms with Gasteiger partial charge in [0.2, 0.25) is 5.91 Å². The lowest BCUT2D eigenvalue weighted by molar-refractivity contribution is -0.123. The van der Waals surface area contributed by atoms with E-state index >= 15 is 0 Å². The number of carbonyl (C=O) groups excluding carboxylic acids is 1. The van der Waals surface area contributed by atoms with Crippen molar-refractivity contribution in [1.82, 2.24) is 5.32 Å². The van der Waals surface area contributed by atoms with E-state index in [1.807, 2.05) is 24.3 Å². The van der Waals surface area contributed by atoms with E-state index < -0.39 is 0 Å². The van der Waals surface area contributed by atoms with Gasteiger partial charge in [0.1, 0.15) is 0 Å². The van der Waals surface area contributed by atoms with E-state index in [0.717, 1.165) is 42.1 Å². The van der Waals surface area contributed by atoms with Crippen molar-refractivity contribution in [3.63, 3.8) is 0 Å². The number of carbonyl (C=O) groups is 1. The lowest BCUT2D eigenvalue weighted by atomic mass is 9.97. The van der Waals surface area contributed by atoms with Gasteiger partial charge < -0.3 is 10.4 Å². The third-order valence-corrected chi connectivity index (χ3v) is 4.79. The van der Waals surface area contributed by atoms with Crippen molar-refractivity contribution >= 4 is 21.8 Å². The van der Waals surface area contributed by atoms with Gasteiger partial charge in [0, 0.05) is 10.9 Å². The van der Waals surface area contributed by atoms with Crippen LogP contribution in [0, 0.1) is 0 Å². The van der Waals surface area contributed by atoms with Gasteiger partial charge in [-0.2, -0.15) is 0 Å². The molecule has 0 aliphatic heterocycles. The fourth-order valence-electron chi connectivity index (χ4n) is 2.91. The number of aliphatic hydroxyl groups excluding tert-OH is 1. The second-order valence-corrected chi connectivity index (χ2v) is 6.95. The first-order valence-corrected chi connectivity index (χ1v) is 8.58.